The Labute approximate surface area is 116 Å². The molecule has 0 spiro atoms. The molecule has 108 valence electrons. The van der Waals surface area contributed by atoms with Crippen molar-refractivity contribution in [2.45, 2.75) is 19.5 Å². The van der Waals surface area contributed by atoms with Crippen LogP contribution in [0.25, 0.3) is 0 Å². The molecule has 0 aliphatic rings. The first kappa shape index (κ1) is 17.6. The molecule has 0 aliphatic heterocycles. The molecule has 0 saturated heterocycles. The van der Waals surface area contributed by atoms with Gasteiger partial charge in [0.2, 0.25) is 0 Å². The van der Waals surface area contributed by atoms with Crippen molar-refractivity contribution in [3.63, 3.8) is 0 Å². The van der Waals surface area contributed by atoms with Crippen LogP contribution in [-0.4, -0.2) is 25.6 Å². The average Bonchev–Trinajstić information content (AvgIpc) is 2.34. The third-order valence-corrected chi connectivity index (χ3v) is 2.24. The topological polar surface area (TPSA) is 64.3 Å². The normalized spacial score (nSPS) is 9.89. The zero-order valence-electron chi connectivity index (χ0n) is 10.3. The second-order valence-electron chi connectivity index (χ2n) is 3.66. The van der Waals surface area contributed by atoms with Gasteiger partial charge in [0, 0.05) is 12.1 Å². The molecule has 0 heterocycles. The predicted molar refractivity (Wildman–Crippen MR) is 70.9 cm³/mol. The van der Waals surface area contributed by atoms with Crippen LogP contribution in [0.4, 0.5) is 8.78 Å². The van der Waals surface area contributed by atoms with Crippen molar-refractivity contribution in [3.8, 4) is 5.75 Å². The van der Waals surface area contributed by atoms with E-state index in [9.17, 15) is 13.6 Å². The zero-order chi connectivity index (χ0) is 13.4. The minimum atomic E-state index is -2.90. The molecule has 0 saturated carbocycles. The Bertz CT molecular complexity index is 392. The standard InChI is InChI=1S/C12H16F2N2O2.ClH/c13-12(14)18-10-5-3-4-9(8-10)11(17)16-7-2-1-6-15;/h3-5,8,12H,1-2,6-7,15H2,(H,16,17);1H. The summed E-state index contributed by atoms with van der Waals surface area (Å²) < 4.78 is 28.2. The van der Waals surface area contributed by atoms with E-state index in [1.807, 2.05) is 0 Å². The minimum absolute atomic E-state index is 0. The summed E-state index contributed by atoms with van der Waals surface area (Å²) in [5.41, 5.74) is 5.61. The molecule has 1 rings (SSSR count). The van der Waals surface area contributed by atoms with Crippen LogP contribution >= 0.6 is 12.4 Å². The Morgan fingerprint density at radius 2 is 2.11 bits per heavy atom. The number of hydrogen-bond donors (Lipinski definition) is 2. The molecule has 1 aromatic rings. The maximum Gasteiger partial charge on any atom is 0.387 e. The number of nitrogens with two attached hydrogens (primary N) is 1. The van der Waals surface area contributed by atoms with E-state index in [4.69, 9.17) is 5.73 Å². The molecule has 0 fully saturated rings. The van der Waals surface area contributed by atoms with Crippen molar-refractivity contribution in [3.05, 3.63) is 29.8 Å². The molecule has 4 nitrogen and oxygen atoms in total. The van der Waals surface area contributed by atoms with E-state index in [0.29, 0.717) is 18.7 Å². The summed E-state index contributed by atoms with van der Waals surface area (Å²) in [6, 6.07) is 5.69. The molecule has 0 bridgehead atoms. The van der Waals surface area contributed by atoms with E-state index in [-0.39, 0.29) is 24.1 Å². The van der Waals surface area contributed by atoms with Gasteiger partial charge < -0.3 is 15.8 Å². The number of alkyl halides is 2. The summed E-state index contributed by atoms with van der Waals surface area (Å²) in [5.74, 6) is -0.341. The van der Waals surface area contributed by atoms with Gasteiger partial charge in [-0.15, -0.1) is 12.4 Å². The third kappa shape index (κ3) is 6.93. The number of carbonyl (C=O) groups is 1. The van der Waals surface area contributed by atoms with Crippen LogP contribution in [0.3, 0.4) is 0 Å². The van der Waals surface area contributed by atoms with Gasteiger partial charge in [0.05, 0.1) is 0 Å². The maximum absolute atomic E-state index is 12.0. The van der Waals surface area contributed by atoms with Crippen molar-refractivity contribution >= 4 is 18.3 Å². The summed E-state index contributed by atoms with van der Waals surface area (Å²) in [6.45, 7) is -1.81. The van der Waals surface area contributed by atoms with Gasteiger partial charge in [-0.2, -0.15) is 8.78 Å². The van der Waals surface area contributed by atoms with E-state index in [2.05, 4.69) is 10.1 Å². The number of nitrogens with one attached hydrogen (secondary N) is 1. The van der Waals surface area contributed by atoms with Crippen molar-refractivity contribution < 1.29 is 18.3 Å². The first-order valence-electron chi connectivity index (χ1n) is 5.66. The van der Waals surface area contributed by atoms with E-state index < -0.39 is 6.61 Å². The number of carbonyl (C=O) groups excluding carboxylic acids is 1. The number of halogens is 3. The van der Waals surface area contributed by atoms with Crippen LogP contribution in [0.1, 0.15) is 23.2 Å². The van der Waals surface area contributed by atoms with Crippen LogP contribution in [-0.2, 0) is 0 Å². The second kappa shape index (κ2) is 9.52. The van der Waals surface area contributed by atoms with E-state index in [1.165, 1.54) is 24.3 Å². The average molecular weight is 295 g/mol. The Morgan fingerprint density at radius 3 is 2.74 bits per heavy atom. The number of ether oxygens (including phenoxy) is 1. The zero-order valence-corrected chi connectivity index (χ0v) is 11.1. The first-order chi connectivity index (χ1) is 8.63. The minimum Gasteiger partial charge on any atom is -0.435 e. The molecule has 1 aromatic carbocycles. The summed E-state index contributed by atoms with van der Waals surface area (Å²) >= 11 is 0. The van der Waals surface area contributed by atoms with Crippen molar-refractivity contribution in [1.82, 2.24) is 5.32 Å². The molecular formula is C12H17ClF2N2O2. The summed E-state index contributed by atoms with van der Waals surface area (Å²) in [6.07, 6.45) is 1.62. The van der Waals surface area contributed by atoms with Crippen LogP contribution in [0.15, 0.2) is 24.3 Å². The summed E-state index contributed by atoms with van der Waals surface area (Å²) in [4.78, 5) is 11.7. The number of rotatable bonds is 7. The fourth-order valence-electron chi connectivity index (χ4n) is 1.39. The number of amides is 1. The van der Waals surface area contributed by atoms with Gasteiger partial charge in [-0.05, 0) is 37.6 Å². The molecule has 0 radical (unpaired) electrons. The van der Waals surface area contributed by atoms with Gasteiger partial charge in [0.25, 0.3) is 5.91 Å². The molecule has 7 heteroatoms. The predicted octanol–water partition coefficient (Wildman–Crippen LogP) is 2.18. The van der Waals surface area contributed by atoms with Crippen molar-refractivity contribution in [1.29, 1.82) is 0 Å². The van der Waals surface area contributed by atoms with Crippen molar-refractivity contribution in [2.75, 3.05) is 13.1 Å². The maximum atomic E-state index is 12.0. The van der Waals surface area contributed by atoms with E-state index >= 15 is 0 Å². The lowest BCUT2D eigenvalue weighted by Crippen LogP contribution is -2.24. The SMILES string of the molecule is Cl.NCCCCNC(=O)c1cccc(OC(F)F)c1. The largest absolute Gasteiger partial charge is 0.435 e. The quantitative estimate of drug-likeness (QED) is 0.758. The second-order valence-corrected chi connectivity index (χ2v) is 3.66. The fraction of sp³-hybridized carbons (Fsp3) is 0.417. The molecule has 0 aliphatic carbocycles. The highest BCUT2D eigenvalue weighted by Crippen LogP contribution is 2.15. The molecule has 0 unspecified atom stereocenters. The molecule has 0 aromatic heterocycles. The molecule has 3 N–H and O–H groups in total. The van der Waals surface area contributed by atoms with Crippen LogP contribution in [0, 0.1) is 0 Å². The van der Waals surface area contributed by atoms with Crippen LogP contribution in [0.2, 0.25) is 0 Å². The lowest BCUT2D eigenvalue weighted by molar-refractivity contribution is -0.0498. The van der Waals surface area contributed by atoms with E-state index in [0.717, 1.165) is 12.8 Å². The summed E-state index contributed by atoms with van der Waals surface area (Å²) in [7, 11) is 0. The molecule has 1 amide bonds. The highest BCUT2D eigenvalue weighted by Gasteiger charge is 2.08. The van der Waals surface area contributed by atoms with Gasteiger partial charge >= 0.3 is 6.61 Å². The van der Waals surface area contributed by atoms with Gasteiger partial charge in [-0.25, -0.2) is 0 Å². The van der Waals surface area contributed by atoms with Crippen LogP contribution < -0.4 is 15.8 Å². The first-order valence-corrected chi connectivity index (χ1v) is 5.66. The highest BCUT2D eigenvalue weighted by molar-refractivity contribution is 5.94. The van der Waals surface area contributed by atoms with Crippen LogP contribution in [0.5, 0.6) is 5.75 Å². The molecule has 0 atom stereocenters. The summed E-state index contributed by atoms with van der Waals surface area (Å²) in [5, 5.41) is 2.68. The third-order valence-electron chi connectivity index (χ3n) is 2.24. The fourth-order valence-corrected chi connectivity index (χ4v) is 1.39. The Hall–Kier alpha value is -1.40. The lowest BCUT2D eigenvalue weighted by Gasteiger charge is -2.07. The Kier molecular flexibility index (Phi) is 8.82. The Morgan fingerprint density at radius 1 is 1.37 bits per heavy atom. The number of hydrogen-bond acceptors (Lipinski definition) is 3. The number of benzene rings is 1. The van der Waals surface area contributed by atoms with Gasteiger partial charge in [-0.3, -0.25) is 4.79 Å². The van der Waals surface area contributed by atoms with Crippen molar-refractivity contribution in [2.24, 2.45) is 5.73 Å². The van der Waals surface area contributed by atoms with Gasteiger partial charge in [-0.1, -0.05) is 6.07 Å². The molecule has 19 heavy (non-hydrogen) atoms. The lowest BCUT2D eigenvalue weighted by atomic mass is 10.2. The van der Waals surface area contributed by atoms with E-state index in [1.54, 1.807) is 0 Å². The Balaban J connectivity index is 0.00000324. The smallest absolute Gasteiger partial charge is 0.387 e. The van der Waals surface area contributed by atoms with Gasteiger partial charge in [0.1, 0.15) is 5.75 Å². The molecular weight excluding hydrogens is 278 g/mol. The number of unbranched alkanes of at least 4 members (excludes halogenated alkanes) is 1. The van der Waals surface area contributed by atoms with Gasteiger partial charge in [0.15, 0.2) is 0 Å². The highest BCUT2D eigenvalue weighted by atomic mass is 35.5. The monoisotopic (exact) mass is 294 g/mol.